The van der Waals surface area contributed by atoms with Crippen LogP contribution in [0.25, 0.3) is 0 Å². The third-order valence-corrected chi connectivity index (χ3v) is 3.34. The van der Waals surface area contributed by atoms with E-state index in [2.05, 4.69) is 69.0 Å². The molecular formula is C17H20. The fourth-order valence-electron chi connectivity index (χ4n) is 2.19. The topological polar surface area (TPSA) is 0 Å². The van der Waals surface area contributed by atoms with Crippen LogP contribution in [0, 0.1) is 5.41 Å². The van der Waals surface area contributed by atoms with Gasteiger partial charge in [0.1, 0.15) is 0 Å². The highest BCUT2D eigenvalue weighted by Gasteiger charge is 2.19. The molecule has 17 heavy (non-hydrogen) atoms. The molecule has 0 heterocycles. The van der Waals surface area contributed by atoms with Crippen LogP contribution in [-0.4, -0.2) is 0 Å². The fraction of sp³-hybridized carbons (Fsp3) is 0.294. The Kier molecular flexibility index (Phi) is 3.33. The summed E-state index contributed by atoms with van der Waals surface area (Å²) < 4.78 is 0. The number of benzene rings is 1. The normalized spacial score (nSPS) is 19.5. The lowest BCUT2D eigenvalue weighted by Gasteiger charge is -2.25. The van der Waals surface area contributed by atoms with E-state index in [9.17, 15) is 0 Å². The molecule has 0 heteroatoms. The van der Waals surface area contributed by atoms with Gasteiger partial charge in [-0.2, -0.15) is 0 Å². The molecule has 0 N–H and O–H groups in total. The fourth-order valence-corrected chi connectivity index (χ4v) is 2.19. The van der Waals surface area contributed by atoms with Gasteiger partial charge in [0.05, 0.1) is 0 Å². The van der Waals surface area contributed by atoms with Crippen LogP contribution in [0.2, 0.25) is 0 Å². The van der Waals surface area contributed by atoms with Crippen LogP contribution < -0.4 is 0 Å². The molecule has 1 aromatic rings. The monoisotopic (exact) mass is 224 g/mol. The largest absolute Gasteiger partial charge is 0.102 e. The summed E-state index contributed by atoms with van der Waals surface area (Å²) in [7, 11) is 0. The summed E-state index contributed by atoms with van der Waals surface area (Å²) in [6.45, 7) is 8.51. The minimum atomic E-state index is 0.298. The van der Waals surface area contributed by atoms with Crippen molar-refractivity contribution in [2.45, 2.75) is 26.2 Å². The lowest BCUT2D eigenvalue weighted by atomic mass is 9.80. The van der Waals surface area contributed by atoms with E-state index in [0.717, 1.165) is 6.42 Å². The Hall–Kier alpha value is -1.56. The summed E-state index contributed by atoms with van der Waals surface area (Å²) in [5.41, 5.74) is 2.98. The molecule has 0 saturated carbocycles. The van der Waals surface area contributed by atoms with Gasteiger partial charge in [0.15, 0.2) is 0 Å². The molecule has 1 aliphatic rings. The minimum Gasteiger partial charge on any atom is -0.102 e. The highest BCUT2D eigenvalue weighted by atomic mass is 14.2. The molecule has 0 aromatic heterocycles. The number of allylic oxidation sites excluding steroid dienone is 5. The van der Waals surface area contributed by atoms with Crippen LogP contribution in [0.15, 0.2) is 66.8 Å². The van der Waals surface area contributed by atoms with Gasteiger partial charge in [-0.25, -0.2) is 0 Å². The third-order valence-electron chi connectivity index (χ3n) is 3.34. The Morgan fingerprint density at radius 2 is 1.94 bits per heavy atom. The maximum atomic E-state index is 3.97. The Morgan fingerprint density at radius 3 is 2.47 bits per heavy atom. The molecule has 88 valence electrons. The molecule has 1 atom stereocenters. The van der Waals surface area contributed by atoms with Gasteiger partial charge in [-0.05, 0) is 23.0 Å². The van der Waals surface area contributed by atoms with Crippen molar-refractivity contribution in [2.75, 3.05) is 0 Å². The SMILES string of the molecule is C=CC(C1=CCC(C)(C)C=C1)c1ccccc1. The summed E-state index contributed by atoms with van der Waals surface area (Å²) in [6.07, 6.45) is 10.0. The molecule has 1 unspecified atom stereocenters. The molecule has 1 aromatic carbocycles. The standard InChI is InChI=1S/C17H20/c1-4-16(14-8-6-5-7-9-14)15-10-12-17(2,3)13-11-15/h4-12,16H,1,13H2,2-3H3. The van der Waals surface area contributed by atoms with E-state index in [4.69, 9.17) is 0 Å². The predicted octanol–water partition coefficient (Wildman–Crippen LogP) is 4.87. The molecule has 0 nitrogen and oxygen atoms in total. The molecule has 0 bridgehead atoms. The molecule has 0 radical (unpaired) electrons. The first kappa shape index (κ1) is 11.9. The van der Waals surface area contributed by atoms with Crippen LogP contribution in [-0.2, 0) is 0 Å². The first-order valence-corrected chi connectivity index (χ1v) is 6.19. The molecule has 0 aliphatic heterocycles. The van der Waals surface area contributed by atoms with Crippen LogP contribution in [0.5, 0.6) is 0 Å². The van der Waals surface area contributed by atoms with Crippen molar-refractivity contribution in [1.82, 2.24) is 0 Å². The summed E-state index contributed by atoms with van der Waals surface area (Å²) in [5.74, 6) is 0.323. The van der Waals surface area contributed by atoms with E-state index in [-0.39, 0.29) is 0 Å². The number of rotatable bonds is 3. The lowest BCUT2D eigenvalue weighted by Crippen LogP contribution is -2.11. The van der Waals surface area contributed by atoms with Crippen LogP contribution in [0.4, 0.5) is 0 Å². The molecule has 0 spiro atoms. The number of hydrogen-bond acceptors (Lipinski definition) is 0. The predicted molar refractivity (Wildman–Crippen MR) is 75.0 cm³/mol. The Balaban J connectivity index is 2.25. The number of hydrogen-bond donors (Lipinski definition) is 0. The lowest BCUT2D eigenvalue weighted by molar-refractivity contribution is 0.480. The van der Waals surface area contributed by atoms with Crippen LogP contribution >= 0.6 is 0 Å². The second-order valence-electron chi connectivity index (χ2n) is 5.35. The maximum absolute atomic E-state index is 3.97. The average molecular weight is 224 g/mol. The van der Waals surface area contributed by atoms with Gasteiger partial charge in [-0.3, -0.25) is 0 Å². The summed E-state index contributed by atoms with van der Waals surface area (Å²) in [4.78, 5) is 0. The van der Waals surface area contributed by atoms with Crippen molar-refractivity contribution in [3.8, 4) is 0 Å². The van der Waals surface area contributed by atoms with E-state index < -0.39 is 0 Å². The highest BCUT2D eigenvalue weighted by molar-refractivity contribution is 5.40. The summed E-state index contributed by atoms with van der Waals surface area (Å²) in [5, 5.41) is 0. The third kappa shape index (κ3) is 2.76. The molecular weight excluding hydrogens is 204 g/mol. The molecule has 0 amide bonds. The maximum Gasteiger partial charge on any atom is 0.0263 e. The highest BCUT2D eigenvalue weighted by Crippen LogP contribution is 2.34. The Morgan fingerprint density at radius 1 is 1.24 bits per heavy atom. The molecule has 0 fully saturated rings. The van der Waals surface area contributed by atoms with Crippen molar-refractivity contribution in [2.24, 2.45) is 5.41 Å². The van der Waals surface area contributed by atoms with Crippen LogP contribution in [0.1, 0.15) is 31.7 Å². The summed E-state index contributed by atoms with van der Waals surface area (Å²) >= 11 is 0. The van der Waals surface area contributed by atoms with E-state index in [1.807, 2.05) is 6.08 Å². The summed E-state index contributed by atoms with van der Waals surface area (Å²) in [6, 6.07) is 10.6. The second kappa shape index (κ2) is 4.75. The minimum absolute atomic E-state index is 0.298. The quantitative estimate of drug-likeness (QED) is 0.643. The van der Waals surface area contributed by atoms with E-state index >= 15 is 0 Å². The van der Waals surface area contributed by atoms with Gasteiger partial charge < -0.3 is 0 Å². The van der Waals surface area contributed by atoms with Crippen molar-refractivity contribution in [3.63, 3.8) is 0 Å². The van der Waals surface area contributed by atoms with Crippen LogP contribution in [0.3, 0.4) is 0 Å². The zero-order valence-corrected chi connectivity index (χ0v) is 10.7. The van der Waals surface area contributed by atoms with Gasteiger partial charge in [0, 0.05) is 5.92 Å². The average Bonchev–Trinajstić information content (AvgIpc) is 2.33. The second-order valence-corrected chi connectivity index (χ2v) is 5.35. The van der Waals surface area contributed by atoms with Crippen molar-refractivity contribution >= 4 is 0 Å². The van der Waals surface area contributed by atoms with Gasteiger partial charge >= 0.3 is 0 Å². The molecule has 2 rings (SSSR count). The zero-order chi connectivity index (χ0) is 12.3. The molecule has 0 saturated heterocycles. The van der Waals surface area contributed by atoms with E-state index in [1.165, 1.54) is 11.1 Å². The van der Waals surface area contributed by atoms with Crippen molar-refractivity contribution in [3.05, 3.63) is 72.4 Å². The van der Waals surface area contributed by atoms with E-state index in [1.54, 1.807) is 0 Å². The van der Waals surface area contributed by atoms with Crippen molar-refractivity contribution < 1.29 is 0 Å². The Bertz CT molecular complexity index is 446. The van der Waals surface area contributed by atoms with E-state index in [0.29, 0.717) is 11.3 Å². The van der Waals surface area contributed by atoms with Gasteiger partial charge in [-0.15, -0.1) is 6.58 Å². The van der Waals surface area contributed by atoms with Gasteiger partial charge in [-0.1, -0.05) is 68.5 Å². The molecule has 1 aliphatic carbocycles. The van der Waals surface area contributed by atoms with Crippen molar-refractivity contribution in [1.29, 1.82) is 0 Å². The van der Waals surface area contributed by atoms with Gasteiger partial charge in [0.2, 0.25) is 0 Å². The zero-order valence-electron chi connectivity index (χ0n) is 10.7. The first-order chi connectivity index (χ1) is 8.12. The van der Waals surface area contributed by atoms with Gasteiger partial charge in [0.25, 0.3) is 0 Å². The smallest absolute Gasteiger partial charge is 0.0263 e. The Labute approximate surface area is 104 Å². The first-order valence-electron chi connectivity index (χ1n) is 6.19.